The van der Waals surface area contributed by atoms with Crippen molar-refractivity contribution in [2.24, 2.45) is 0 Å². The number of fused-ring (bicyclic) bond motifs is 1. The molecule has 2 aliphatic rings. The van der Waals surface area contributed by atoms with E-state index < -0.39 is 0 Å². The standard InChI is InChI=1S/C17H21BrN2O4/c1-11-7-19(10-17(2,3)24-11)15(21)8-20-13-5-4-12(18)6-14(13)23-9-16(20)22/h4-6,11H,7-10H2,1-3H3. The van der Waals surface area contributed by atoms with Crippen LogP contribution in [-0.2, 0) is 14.3 Å². The molecule has 2 aliphatic heterocycles. The van der Waals surface area contributed by atoms with Crippen LogP contribution in [0.4, 0.5) is 5.69 Å². The van der Waals surface area contributed by atoms with Gasteiger partial charge in [0.05, 0.1) is 17.4 Å². The van der Waals surface area contributed by atoms with E-state index in [1.165, 1.54) is 4.90 Å². The minimum Gasteiger partial charge on any atom is -0.482 e. The van der Waals surface area contributed by atoms with Crippen molar-refractivity contribution in [1.82, 2.24) is 4.90 Å². The second-order valence-corrected chi connectivity index (χ2v) is 7.76. The smallest absolute Gasteiger partial charge is 0.265 e. The second kappa shape index (κ2) is 6.37. The van der Waals surface area contributed by atoms with Gasteiger partial charge in [-0.3, -0.25) is 14.5 Å². The molecule has 2 heterocycles. The zero-order valence-corrected chi connectivity index (χ0v) is 15.6. The zero-order chi connectivity index (χ0) is 17.5. The van der Waals surface area contributed by atoms with E-state index in [9.17, 15) is 9.59 Å². The lowest BCUT2D eigenvalue weighted by atomic mass is 10.1. The Bertz CT molecular complexity index is 677. The molecular weight excluding hydrogens is 376 g/mol. The van der Waals surface area contributed by atoms with Crippen molar-refractivity contribution in [3.05, 3.63) is 22.7 Å². The fraction of sp³-hybridized carbons (Fsp3) is 0.529. The predicted octanol–water partition coefficient (Wildman–Crippen LogP) is 2.20. The van der Waals surface area contributed by atoms with Crippen LogP contribution in [0.5, 0.6) is 5.75 Å². The highest BCUT2D eigenvalue weighted by atomic mass is 79.9. The SMILES string of the molecule is CC1CN(C(=O)CN2C(=O)COc3cc(Br)ccc32)CC(C)(C)O1. The Morgan fingerprint density at radius 2 is 2.17 bits per heavy atom. The fourth-order valence-corrected chi connectivity index (χ4v) is 3.57. The first-order valence-electron chi connectivity index (χ1n) is 7.93. The highest BCUT2D eigenvalue weighted by Gasteiger charge is 2.35. The van der Waals surface area contributed by atoms with Crippen molar-refractivity contribution in [1.29, 1.82) is 0 Å². The number of carbonyl (C=O) groups is 2. The van der Waals surface area contributed by atoms with Gasteiger partial charge in [0.1, 0.15) is 12.3 Å². The third-order valence-electron chi connectivity index (χ3n) is 4.08. The normalized spacial score (nSPS) is 22.8. The average molecular weight is 397 g/mol. The number of amides is 2. The van der Waals surface area contributed by atoms with Crippen LogP contribution in [0.2, 0.25) is 0 Å². The van der Waals surface area contributed by atoms with Crippen LogP contribution in [0.3, 0.4) is 0 Å². The number of morpholine rings is 1. The van der Waals surface area contributed by atoms with E-state index in [2.05, 4.69) is 15.9 Å². The van der Waals surface area contributed by atoms with Crippen molar-refractivity contribution in [3.63, 3.8) is 0 Å². The van der Waals surface area contributed by atoms with Gasteiger partial charge in [0, 0.05) is 17.6 Å². The summed E-state index contributed by atoms with van der Waals surface area (Å²) in [4.78, 5) is 28.3. The molecule has 1 aromatic rings. The summed E-state index contributed by atoms with van der Waals surface area (Å²) in [5.74, 6) is 0.313. The van der Waals surface area contributed by atoms with Gasteiger partial charge in [-0.15, -0.1) is 0 Å². The van der Waals surface area contributed by atoms with Gasteiger partial charge in [0.25, 0.3) is 5.91 Å². The Kier molecular flexibility index (Phi) is 4.57. The number of anilines is 1. The Morgan fingerprint density at radius 3 is 2.88 bits per heavy atom. The Labute approximate surface area is 149 Å². The Morgan fingerprint density at radius 1 is 1.42 bits per heavy atom. The van der Waals surface area contributed by atoms with Gasteiger partial charge >= 0.3 is 0 Å². The van der Waals surface area contributed by atoms with Crippen LogP contribution in [0.1, 0.15) is 20.8 Å². The number of carbonyl (C=O) groups excluding carboxylic acids is 2. The van der Waals surface area contributed by atoms with Crippen LogP contribution in [0.15, 0.2) is 22.7 Å². The summed E-state index contributed by atoms with van der Waals surface area (Å²) in [6.07, 6.45) is -0.0265. The molecule has 0 bridgehead atoms. The largest absolute Gasteiger partial charge is 0.482 e. The number of hydrogen-bond donors (Lipinski definition) is 0. The Hall–Kier alpha value is -1.60. The quantitative estimate of drug-likeness (QED) is 0.768. The van der Waals surface area contributed by atoms with Gasteiger partial charge < -0.3 is 14.4 Å². The van der Waals surface area contributed by atoms with Gasteiger partial charge in [-0.25, -0.2) is 0 Å². The van der Waals surface area contributed by atoms with Gasteiger partial charge in [0.15, 0.2) is 6.61 Å². The number of halogens is 1. The van der Waals surface area contributed by atoms with Gasteiger partial charge in [-0.05, 0) is 39.0 Å². The highest BCUT2D eigenvalue weighted by Crippen LogP contribution is 2.34. The molecule has 0 N–H and O–H groups in total. The van der Waals surface area contributed by atoms with E-state index >= 15 is 0 Å². The summed E-state index contributed by atoms with van der Waals surface area (Å²) in [6.45, 7) is 6.90. The summed E-state index contributed by atoms with van der Waals surface area (Å²) >= 11 is 3.39. The molecule has 0 aromatic heterocycles. The highest BCUT2D eigenvalue weighted by molar-refractivity contribution is 9.10. The van der Waals surface area contributed by atoms with Crippen molar-refractivity contribution in [3.8, 4) is 5.75 Å². The van der Waals surface area contributed by atoms with Crippen LogP contribution >= 0.6 is 15.9 Å². The molecule has 7 heteroatoms. The van der Waals surface area contributed by atoms with Crippen LogP contribution in [-0.4, -0.2) is 54.7 Å². The van der Waals surface area contributed by atoms with Gasteiger partial charge in [0.2, 0.25) is 5.91 Å². The van der Waals surface area contributed by atoms with Crippen molar-refractivity contribution < 1.29 is 19.1 Å². The first-order chi connectivity index (χ1) is 11.2. The lowest BCUT2D eigenvalue weighted by Crippen LogP contribution is -2.56. The zero-order valence-electron chi connectivity index (χ0n) is 14.0. The van der Waals surface area contributed by atoms with E-state index in [-0.39, 0.29) is 36.7 Å². The summed E-state index contributed by atoms with van der Waals surface area (Å²) in [5, 5.41) is 0. The molecule has 0 aliphatic carbocycles. The summed E-state index contributed by atoms with van der Waals surface area (Å²) in [5.41, 5.74) is 0.244. The van der Waals surface area contributed by atoms with E-state index in [0.717, 1.165) is 4.47 Å². The lowest BCUT2D eigenvalue weighted by Gasteiger charge is -2.42. The molecule has 0 spiro atoms. The Balaban J connectivity index is 1.78. The third-order valence-corrected chi connectivity index (χ3v) is 4.57. The van der Waals surface area contributed by atoms with Crippen molar-refractivity contribution in [2.75, 3.05) is 31.1 Å². The molecule has 1 atom stereocenters. The number of benzene rings is 1. The molecule has 0 radical (unpaired) electrons. The van der Waals surface area contributed by atoms with E-state index in [1.807, 2.05) is 26.8 Å². The maximum absolute atomic E-state index is 12.7. The molecule has 0 saturated carbocycles. The average Bonchev–Trinajstić information content (AvgIpc) is 2.48. The van der Waals surface area contributed by atoms with Gasteiger partial charge in [-0.1, -0.05) is 15.9 Å². The second-order valence-electron chi connectivity index (χ2n) is 6.84. The predicted molar refractivity (Wildman–Crippen MR) is 93.2 cm³/mol. The molecule has 130 valence electrons. The molecule has 1 unspecified atom stereocenters. The molecule has 3 rings (SSSR count). The van der Waals surface area contributed by atoms with E-state index in [0.29, 0.717) is 24.5 Å². The minimum atomic E-state index is -0.384. The third kappa shape index (κ3) is 3.57. The van der Waals surface area contributed by atoms with Crippen LogP contribution in [0.25, 0.3) is 0 Å². The summed E-state index contributed by atoms with van der Waals surface area (Å²) in [7, 11) is 0. The van der Waals surface area contributed by atoms with Gasteiger partial charge in [-0.2, -0.15) is 0 Å². The number of rotatable bonds is 2. The molecule has 1 aromatic carbocycles. The summed E-state index contributed by atoms with van der Waals surface area (Å²) < 4.78 is 12.2. The van der Waals surface area contributed by atoms with Crippen LogP contribution in [0, 0.1) is 0 Å². The van der Waals surface area contributed by atoms with E-state index in [1.54, 1.807) is 17.0 Å². The molecule has 1 fully saturated rings. The summed E-state index contributed by atoms with van der Waals surface area (Å²) in [6, 6.07) is 5.42. The van der Waals surface area contributed by atoms with Crippen molar-refractivity contribution in [2.45, 2.75) is 32.5 Å². The monoisotopic (exact) mass is 396 g/mol. The fourth-order valence-electron chi connectivity index (χ4n) is 3.23. The minimum absolute atomic E-state index is 0.0135. The molecule has 6 nitrogen and oxygen atoms in total. The number of nitrogens with zero attached hydrogens (tertiary/aromatic N) is 2. The lowest BCUT2D eigenvalue weighted by molar-refractivity contribution is -0.157. The van der Waals surface area contributed by atoms with Crippen molar-refractivity contribution >= 4 is 33.4 Å². The molecule has 24 heavy (non-hydrogen) atoms. The number of ether oxygens (including phenoxy) is 2. The molecule has 2 amide bonds. The molecule has 1 saturated heterocycles. The maximum atomic E-state index is 12.7. The molecular formula is C17H21BrN2O4. The van der Waals surface area contributed by atoms with Crippen LogP contribution < -0.4 is 9.64 Å². The van der Waals surface area contributed by atoms with E-state index in [4.69, 9.17) is 9.47 Å². The maximum Gasteiger partial charge on any atom is 0.265 e. The topological polar surface area (TPSA) is 59.1 Å². The number of hydrogen-bond acceptors (Lipinski definition) is 4. The first kappa shape index (κ1) is 17.2. The first-order valence-corrected chi connectivity index (χ1v) is 8.73.